The zero-order valence-electron chi connectivity index (χ0n) is 64.9. The number of unbranched alkanes of at least 4 members (excludes halogenated alkanes) is 14. The molecule has 111 heavy (non-hydrogen) atoms. The molecule has 13 rings (SSSR count). The SMILES string of the molecule is CCCCCCCCCCN[C@H]1CO[C@H]2[C@@H]1OC[C@H]2O.CCCCCCCCCCN[C@H]1CO[C@H]2[C@@H]1OC[C@H]2OCCOCCOCCC.COC(=O)[C@H]1CO[C@H]2[C@@H]1OC[C@H]2OC(=O)[C@H]1CO[C@H]2[C@@H]1OC[C@H]2OC(=O)[C@H]1CO[C@H]2[C@@H]1OC[C@H]2OC.O=C(CO[C@H]1CO[C@H]2[C@@H]1OC[C@@H]2OS(=O)(=O)C(F)(F)F)c1ccccc1. The molecule has 12 aliphatic rings. The van der Waals surface area contributed by atoms with Crippen LogP contribution >= 0.6 is 0 Å². The van der Waals surface area contributed by atoms with Crippen LogP contribution in [0.4, 0.5) is 13.2 Å². The number of esters is 3. The number of methoxy groups -OCH3 is 2. The Morgan fingerprint density at radius 2 is 0.811 bits per heavy atom. The molecule has 0 radical (unpaired) electrons. The first kappa shape index (κ1) is 89.5. The number of benzene rings is 1. The number of hydrogen-bond donors (Lipinski definition) is 3. The van der Waals surface area contributed by atoms with Crippen LogP contribution in [0.3, 0.4) is 0 Å². The van der Waals surface area contributed by atoms with Crippen LogP contribution in [0.2, 0.25) is 0 Å². The summed E-state index contributed by atoms with van der Waals surface area (Å²) in [4.78, 5) is 49.8. The second-order valence-electron chi connectivity index (χ2n) is 30.1. The molecule has 30 nitrogen and oxygen atoms in total. The summed E-state index contributed by atoms with van der Waals surface area (Å²) in [5.74, 6) is -3.45. The molecular formula is C77H121F3N2O28S. The van der Waals surface area contributed by atoms with Gasteiger partial charge in [0.25, 0.3) is 0 Å². The molecule has 0 unspecified atom stereocenters. The first-order chi connectivity index (χ1) is 53.9. The van der Waals surface area contributed by atoms with Gasteiger partial charge in [-0.3, -0.25) is 23.4 Å². The van der Waals surface area contributed by atoms with Crippen LogP contribution in [0.5, 0.6) is 0 Å². The van der Waals surface area contributed by atoms with E-state index >= 15 is 0 Å². The second kappa shape index (κ2) is 45.8. The summed E-state index contributed by atoms with van der Waals surface area (Å²) in [6, 6.07) is 8.96. The van der Waals surface area contributed by atoms with Crippen molar-refractivity contribution in [2.75, 3.05) is 146 Å². The number of hydrogen-bond acceptors (Lipinski definition) is 30. The summed E-state index contributed by atoms with van der Waals surface area (Å²) in [7, 11) is -2.86. The van der Waals surface area contributed by atoms with Crippen LogP contribution in [-0.4, -0.2) is 317 Å². The predicted octanol–water partition coefficient (Wildman–Crippen LogP) is 5.48. The lowest BCUT2D eigenvalue weighted by Gasteiger charge is -2.21. The number of aliphatic hydroxyl groups is 1. The molecule has 34 heteroatoms. The van der Waals surface area contributed by atoms with Crippen molar-refractivity contribution in [3.63, 3.8) is 0 Å². The van der Waals surface area contributed by atoms with Gasteiger partial charge in [-0.2, -0.15) is 21.6 Å². The maximum absolute atomic E-state index is 13.0. The maximum Gasteiger partial charge on any atom is 0.523 e. The van der Waals surface area contributed by atoms with E-state index in [0.29, 0.717) is 64.5 Å². The van der Waals surface area contributed by atoms with Crippen molar-refractivity contribution in [2.45, 2.75) is 263 Å². The van der Waals surface area contributed by atoms with E-state index in [1.807, 2.05) is 0 Å². The van der Waals surface area contributed by atoms with Gasteiger partial charge in [0.05, 0.1) is 125 Å². The summed E-state index contributed by atoms with van der Waals surface area (Å²) in [6.07, 6.45) is 13.9. The Morgan fingerprint density at radius 3 is 1.33 bits per heavy atom. The Bertz CT molecular complexity index is 3030. The topological polar surface area (TPSA) is 341 Å². The molecule has 1 aromatic carbocycles. The fourth-order valence-electron chi connectivity index (χ4n) is 16.0. The van der Waals surface area contributed by atoms with Crippen LogP contribution in [-0.2, 0) is 123 Å². The van der Waals surface area contributed by atoms with Gasteiger partial charge in [-0.25, -0.2) is 0 Å². The first-order valence-electron chi connectivity index (χ1n) is 40.4. The van der Waals surface area contributed by atoms with Crippen LogP contribution in [0.15, 0.2) is 30.3 Å². The minimum atomic E-state index is -5.75. The molecule has 12 heterocycles. The number of fused-ring (bicyclic) bond motifs is 6. The summed E-state index contributed by atoms with van der Waals surface area (Å²) in [6.45, 7) is 14.7. The molecule has 0 spiro atoms. The lowest BCUT2D eigenvalue weighted by molar-refractivity contribution is -0.164. The lowest BCUT2D eigenvalue weighted by atomic mass is 9.99. The fraction of sp³-hybridized carbons (Fsp3) is 0.870. The van der Waals surface area contributed by atoms with E-state index in [9.17, 15) is 45.9 Å². The third-order valence-corrected chi connectivity index (χ3v) is 23.2. The Kier molecular flexibility index (Phi) is 36.9. The smallest absolute Gasteiger partial charge is 0.469 e. The Labute approximate surface area is 650 Å². The first-order valence-corrected chi connectivity index (χ1v) is 41.8. The van der Waals surface area contributed by atoms with E-state index in [4.69, 9.17) is 94.7 Å². The summed E-state index contributed by atoms with van der Waals surface area (Å²) >= 11 is 0. The van der Waals surface area contributed by atoms with Gasteiger partial charge in [0.2, 0.25) is 0 Å². The lowest BCUT2D eigenvalue weighted by Crippen LogP contribution is -2.41. The van der Waals surface area contributed by atoms with Gasteiger partial charge in [0, 0.05) is 19.3 Å². The highest BCUT2D eigenvalue weighted by Gasteiger charge is 2.59. The van der Waals surface area contributed by atoms with Gasteiger partial charge in [-0.1, -0.05) is 141 Å². The van der Waals surface area contributed by atoms with Crippen LogP contribution in [0, 0.1) is 17.8 Å². The average molecular weight is 1610 g/mol. The summed E-state index contributed by atoms with van der Waals surface area (Å²) < 4.78 is 176. The molecule has 0 amide bonds. The van der Waals surface area contributed by atoms with Crippen molar-refractivity contribution in [1.82, 2.24) is 10.6 Å². The van der Waals surface area contributed by atoms with Crippen molar-refractivity contribution in [2.24, 2.45) is 17.8 Å². The quantitative estimate of drug-likeness (QED) is 0.0182. The number of carbonyl (C=O) groups excluding carboxylic acids is 4. The molecule has 3 N–H and O–H groups in total. The molecule has 12 aliphatic heterocycles. The number of nitrogens with one attached hydrogen (secondary N) is 2. The molecule has 12 fully saturated rings. The van der Waals surface area contributed by atoms with Crippen LogP contribution in [0.25, 0.3) is 0 Å². The number of halogens is 3. The molecular weight excluding hydrogens is 1490 g/mol. The zero-order valence-corrected chi connectivity index (χ0v) is 65.7. The van der Waals surface area contributed by atoms with Gasteiger partial charge >= 0.3 is 33.5 Å². The number of ether oxygens (including phenoxy) is 20. The molecule has 0 aromatic heterocycles. The van der Waals surface area contributed by atoms with E-state index in [-0.39, 0.29) is 101 Å². The molecule has 24 atom stereocenters. The molecule has 1 aromatic rings. The minimum absolute atomic E-state index is 0.0230. The van der Waals surface area contributed by atoms with Gasteiger partial charge in [0.15, 0.2) is 18.0 Å². The highest BCUT2D eigenvalue weighted by atomic mass is 32.2. The summed E-state index contributed by atoms with van der Waals surface area (Å²) in [5, 5.41) is 16.8. The third kappa shape index (κ3) is 24.9. The van der Waals surface area contributed by atoms with Gasteiger partial charge < -0.3 is 110 Å². The van der Waals surface area contributed by atoms with Crippen molar-refractivity contribution in [3.05, 3.63) is 35.9 Å². The molecule has 0 saturated carbocycles. The Balaban J connectivity index is 0.000000161. The molecule has 0 aliphatic carbocycles. The highest BCUT2D eigenvalue weighted by molar-refractivity contribution is 7.87. The van der Waals surface area contributed by atoms with E-state index in [2.05, 4.69) is 35.6 Å². The number of rotatable bonds is 41. The van der Waals surface area contributed by atoms with Gasteiger partial charge in [0.1, 0.15) is 128 Å². The molecule has 12 saturated heterocycles. The predicted molar refractivity (Wildman–Crippen MR) is 387 cm³/mol. The fourth-order valence-corrected chi connectivity index (χ4v) is 16.6. The number of carbonyl (C=O) groups is 4. The van der Waals surface area contributed by atoms with Crippen molar-refractivity contribution < 1.29 is 145 Å². The van der Waals surface area contributed by atoms with Crippen molar-refractivity contribution >= 4 is 33.8 Å². The monoisotopic (exact) mass is 1610 g/mol. The number of Topliss-reactive ketones (excluding diaryl/α,β-unsaturated/α-hetero) is 1. The van der Waals surface area contributed by atoms with Crippen molar-refractivity contribution in [3.8, 4) is 0 Å². The maximum atomic E-state index is 13.0. The van der Waals surface area contributed by atoms with E-state index in [1.54, 1.807) is 37.4 Å². The number of aliphatic hydroxyl groups excluding tert-OH is 1. The van der Waals surface area contributed by atoms with Crippen LogP contribution < -0.4 is 10.6 Å². The highest BCUT2D eigenvalue weighted by Crippen LogP contribution is 2.40. The number of ketones is 1. The Hall–Kier alpha value is -3.80. The van der Waals surface area contributed by atoms with Crippen LogP contribution in [0.1, 0.15) is 140 Å². The van der Waals surface area contributed by atoms with Gasteiger partial charge in [-0.05, 0) is 32.4 Å². The zero-order chi connectivity index (χ0) is 78.7. The normalized spacial score (nSPS) is 34.7. The summed E-state index contributed by atoms with van der Waals surface area (Å²) in [5.41, 5.74) is -5.07. The molecule has 0 bridgehead atoms. The number of alkyl halides is 3. The standard InChI is InChI=1S/C23H45NO5.C23H30O13.C16H31NO3.C15H15F3O7S/c1-3-5-6-7-8-9-10-11-12-24-20-18-28-23-21(19-29-22(20)23)27-17-16-26-15-14-25-13-4-2;1-27-12-6-32-16-10(4-29-18(12)16)22(25)36-14-8-34-17-11(5-31-20(14)17)23(26)35-13-7-33-15-9(21(24)28-2)3-30-19(13)15;1-2-3-4-5-6-7-8-9-10-17-13-11-19-16-14(18)12-20-15(13)16;16-15(17,18)26(20,21)25-12-8-24-13-11(7-23-14(12)13)22-6-10(19)9-4-2-1-3-5-9/h20-24H,3-19H2,1-2H3;9-20H,3-8H2,1-2H3;13-18H,2-12H2,1H3;1-5,11-14H,6-8H2/t20-,21+,22+,23+;9-,10-,11-,12+,13+,14+,15+,16+,17+,18+,19+,20+;13-,14+,15+,16+;11-,12-,13+,14+/m0000/s1. The van der Waals surface area contributed by atoms with Gasteiger partial charge in [-0.15, -0.1) is 0 Å². The molecule has 634 valence electrons. The Morgan fingerprint density at radius 1 is 0.423 bits per heavy atom. The largest absolute Gasteiger partial charge is 0.523 e. The minimum Gasteiger partial charge on any atom is -0.469 e. The van der Waals surface area contributed by atoms with Crippen molar-refractivity contribution in [1.29, 1.82) is 0 Å². The van der Waals surface area contributed by atoms with E-state index < -0.39 is 131 Å². The average Bonchev–Trinajstić information content (AvgIpc) is 1.64. The van der Waals surface area contributed by atoms with E-state index in [1.165, 1.54) is 110 Å². The second-order valence-corrected chi connectivity index (χ2v) is 31.7. The van der Waals surface area contributed by atoms with E-state index in [0.717, 1.165) is 32.7 Å². The third-order valence-electron chi connectivity index (χ3n) is 22.2.